The van der Waals surface area contributed by atoms with Crippen LogP contribution < -0.4 is 5.43 Å². The molecule has 1 aliphatic heterocycles. The Labute approximate surface area is 106 Å². The highest BCUT2D eigenvalue weighted by molar-refractivity contribution is 6.41. The van der Waals surface area contributed by atoms with Crippen LogP contribution in [-0.4, -0.2) is 30.1 Å². The predicted octanol–water partition coefficient (Wildman–Crippen LogP) is 2.70. The highest BCUT2D eigenvalue weighted by atomic mass is 35.5. The maximum Gasteiger partial charge on any atom is 0.147 e. The molecule has 16 heavy (non-hydrogen) atoms. The Morgan fingerprint density at radius 1 is 1.50 bits per heavy atom. The summed E-state index contributed by atoms with van der Waals surface area (Å²) in [5, 5.41) is 3.14. The summed E-state index contributed by atoms with van der Waals surface area (Å²) in [4.78, 5) is 4.10. The second kappa shape index (κ2) is 5.32. The normalized spacial score (nSPS) is 22.3. The Bertz CT molecular complexity index is 370. The van der Waals surface area contributed by atoms with Gasteiger partial charge in [-0.1, -0.05) is 23.2 Å². The summed E-state index contributed by atoms with van der Waals surface area (Å²) in [5.74, 6) is 0.489. The van der Waals surface area contributed by atoms with Crippen molar-refractivity contribution in [3.8, 4) is 0 Å². The molecule has 1 saturated heterocycles. The van der Waals surface area contributed by atoms with E-state index in [-0.39, 0.29) is 0 Å². The third-order valence-electron chi connectivity index (χ3n) is 3.03. The zero-order valence-electron chi connectivity index (χ0n) is 9.21. The zero-order chi connectivity index (χ0) is 11.5. The Balaban J connectivity index is 2.13. The van der Waals surface area contributed by atoms with E-state index >= 15 is 0 Å². The third-order valence-corrected chi connectivity index (χ3v) is 3.71. The van der Waals surface area contributed by atoms with Gasteiger partial charge in [-0.05, 0) is 37.4 Å². The van der Waals surface area contributed by atoms with Crippen LogP contribution in [0, 0.1) is 0 Å². The van der Waals surface area contributed by atoms with E-state index in [2.05, 4.69) is 15.4 Å². The summed E-state index contributed by atoms with van der Waals surface area (Å²) in [5.41, 5.74) is 4.36. The van der Waals surface area contributed by atoms with Crippen LogP contribution >= 0.6 is 23.2 Å². The van der Waals surface area contributed by atoms with Crippen molar-refractivity contribution < 1.29 is 0 Å². The van der Waals surface area contributed by atoms with Crippen LogP contribution in [0.15, 0.2) is 12.3 Å². The van der Waals surface area contributed by atoms with Crippen LogP contribution in [0.4, 0.5) is 0 Å². The average Bonchev–Trinajstić information content (AvgIpc) is 2.33. The fraction of sp³-hybridized carbons (Fsp3) is 0.545. The first-order chi connectivity index (χ1) is 7.70. The number of hydrazine groups is 1. The average molecular weight is 260 g/mol. The van der Waals surface area contributed by atoms with E-state index < -0.39 is 0 Å². The molecule has 1 fully saturated rings. The molecule has 0 spiro atoms. The fourth-order valence-corrected chi connectivity index (χ4v) is 2.39. The second-order valence-electron chi connectivity index (χ2n) is 4.05. The van der Waals surface area contributed by atoms with E-state index in [0.717, 1.165) is 13.1 Å². The molecule has 0 unspecified atom stereocenters. The first kappa shape index (κ1) is 12.1. The third kappa shape index (κ3) is 2.66. The van der Waals surface area contributed by atoms with Crippen molar-refractivity contribution in [2.24, 2.45) is 0 Å². The van der Waals surface area contributed by atoms with E-state index in [4.69, 9.17) is 23.2 Å². The molecule has 1 aliphatic rings. The Morgan fingerprint density at radius 3 is 3.00 bits per heavy atom. The number of pyridine rings is 1. The molecule has 1 N–H and O–H groups in total. The minimum Gasteiger partial charge on any atom is -0.258 e. The number of aromatic nitrogens is 1. The molecule has 2 rings (SSSR count). The van der Waals surface area contributed by atoms with Crippen LogP contribution in [0.1, 0.15) is 24.3 Å². The molecule has 0 aliphatic carbocycles. The van der Waals surface area contributed by atoms with Crippen LogP contribution in [0.2, 0.25) is 10.2 Å². The molecule has 2 heterocycles. The van der Waals surface area contributed by atoms with Gasteiger partial charge in [0.2, 0.25) is 0 Å². The lowest BCUT2D eigenvalue weighted by molar-refractivity contribution is 0.154. The molecule has 1 atom stereocenters. The maximum absolute atomic E-state index is 5.98. The summed E-state index contributed by atoms with van der Waals surface area (Å²) < 4.78 is 0. The van der Waals surface area contributed by atoms with Crippen LogP contribution in [0.25, 0.3) is 0 Å². The van der Waals surface area contributed by atoms with Crippen LogP contribution in [0.3, 0.4) is 0 Å². The lowest BCUT2D eigenvalue weighted by Gasteiger charge is -2.32. The lowest BCUT2D eigenvalue weighted by atomic mass is 9.92. The van der Waals surface area contributed by atoms with Gasteiger partial charge in [0.1, 0.15) is 5.15 Å². The molecule has 88 valence electrons. The first-order valence-electron chi connectivity index (χ1n) is 5.44. The number of halogens is 2. The summed E-state index contributed by atoms with van der Waals surface area (Å²) in [6, 6.07) is 1.93. The van der Waals surface area contributed by atoms with Gasteiger partial charge in [0, 0.05) is 19.3 Å². The molecule has 0 amide bonds. The van der Waals surface area contributed by atoms with Gasteiger partial charge in [-0.25, -0.2) is 9.99 Å². The minimum absolute atomic E-state index is 0.381. The minimum atomic E-state index is 0.381. The molecule has 5 heteroatoms. The van der Waals surface area contributed by atoms with Gasteiger partial charge in [0.25, 0.3) is 0 Å². The smallest absolute Gasteiger partial charge is 0.147 e. The molecule has 0 bridgehead atoms. The molecule has 1 aromatic rings. The van der Waals surface area contributed by atoms with Crippen LogP contribution in [-0.2, 0) is 0 Å². The Hall–Kier alpha value is -0.350. The molecule has 0 radical (unpaired) electrons. The second-order valence-corrected chi connectivity index (χ2v) is 4.82. The molecule has 1 aromatic heterocycles. The standard InChI is InChI=1S/C11H15Cl2N3/c1-14-16-4-2-3-8(7-16)9-5-10(12)11(13)15-6-9/h5-6,8,14H,2-4,7H2,1H3/t8-/m1/s1. The summed E-state index contributed by atoms with van der Waals surface area (Å²) in [7, 11) is 1.95. The molecular formula is C11H15Cl2N3. The lowest BCUT2D eigenvalue weighted by Crippen LogP contribution is -2.42. The van der Waals surface area contributed by atoms with Gasteiger partial charge in [-0.15, -0.1) is 0 Å². The quantitative estimate of drug-likeness (QED) is 0.829. The molecule has 0 saturated carbocycles. The molecule has 0 aromatic carbocycles. The number of hydrogen-bond acceptors (Lipinski definition) is 3. The number of piperidine rings is 1. The first-order valence-corrected chi connectivity index (χ1v) is 6.19. The Kier molecular flexibility index (Phi) is 4.03. The van der Waals surface area contributed by atoms with Crippen molar-refractivity contribution in [1.29, 1.82) is 0 Å². The van der Waals surface area contributed by atoms with Crippen molar-refractivity contribution in [1.82, 2.24) is 15.4 Å². The van der Waals surface area contributed by atoms with E-state index in [1.807, 2.05) is 19.3 Å². The number of rotatable bonds is 2. The summed E-state index contributed by atoms with van der Waals surface area (Å²) in [6.45, 7) is 2.10. The highest BCUT2D eigenvalue weighted by Gasteiger charge is 2.21. The number of hydrogen-bond donors (Lipinski definition) is 1. The van der Waals surface area contributed by atoms with Crippen molar-refractivity contribution in [2.75, 3.05) is 20.1 Å². The van der Waals surface area contributed by atoms with Gasteiger partial charge in [0.05, 0.1) is 5.02 Å². The molecule has 3 nitrogen and oxygen atoms in total. The number of nitrogens with one attached hydrogen (secondary N) is 1. The number of nitrogens with zero attached hydrogens (tertiary/aromatic N) is 2. The zero-order valence-corrected chi connectivity index (χ0v) is 10.7. The van der Waals surface area contributed by atoms with Gasteiger partial charge < -0.3 is 0 Å². The monoisotopic (exact) mass is 259 g/mol. The SMILES string of the molecule is CNN1CCC[C@@H](c2cnc(Cl)c(Cl)c2)C1. The fourth-order valence-electron chi connectivity index (χ4n) is 2.11. The van der Waals surface area contributed by atoms with Crippen molar-refractivity contribution in [2.45, 2.75) is 18.8 Å². The largest absolute Gasteiger partial charge is 0.258 e. The van der Waals surface area contributed by atoms with Crippen molar-refractivity contribution >= 4 is 23.2 Å². The topological polar surface area (TPSA) is 28.2 Å². The predicted molar refractivity (Wildman–Crippen MR) is 66.9 cm³/mol. The highest BCUT2D eigenvalue weighted by Crippen LogP contribution is 2.29. The van der Waals surface area contributed by atoms with Crippen LogP contribution in [0.5, 0.6) is 0 Å². The van der Waals surface area contributed by atoms with Crippen molar-refractivity contribution in [3.63, 3.8) is 0 Å². The Morgan fingerprint density at radius 2 is 2.31 bits per heavy atom. The van der Waals surface area contributed by atoms with Gasteiger partial charge in [0.15, 0.2) is 0 Å². The van der Waals surface area contributed by atoms with E-state index in [1.165, 1.54) is 18.4 Å². The van der Waals surface area contributed by atoms with E-state index in [9.17, 15) is 0 Å². The van der Waals surface area contributed by atoms with Crippen molar-refractivity contribution in [3.05, 3.63) is 28.0 Å². The van der Waals surface area contributed by atoms with Gasteiger partial charge in [-0.2, -0.15) is 0 Å². The summed E-state index contributed by atoms with van der Waals surface area (Å²) in [6.07, 6.45) is 4.20. The maximum atomic E-state index is 5.98. The van der Waals surface area contributed by atoms with Gasteiger partial charge >= 0.3 is 0 Å². The van der Waals surface area contributed by atoms with E-state index in [1.54, 1.807) is 0 Å². The molecular weight excluding hydrogens is 245 g/mol. The van der Waals surface area contributed by atoms with Gasteiger partial charge in [-0.3, -0.25) is 5.43 Å². The summed E-state index contributed by atoms with van der Waals surface area (Å²) >= 11 is 11.8. The van der Waals surface area contributed by atoms with E-state index in [0.29, 0.717) is 16.1 Å².